The first-order chi connectivity index (χ1) is 12.3. The number of anilines is 1. The van der Waals surface area contributed by atoms with E-state index in [0.717, 1.165) is 44.8 Å². The second kappa shape index (κ2) is 9.88. The summed E-state index contributed by atoms with van der Waals surface area (Å²) in [7, 11) is 0. The van der Waals surface area contributed by atoms with E-state index >= 15 is 0 Å². The number of nitrogens with zero attached hydrogens (tertiary/aromatic N) is 3. The van der Waals surface area contributed by atoms with Gasteiger partial charge < -0.3 is 15.5 Å². The van der Waals surface area contributed by atoms with Gasteiger partial charge in [-0.1, -0.05) is 24.3 Å². The largest absolute Gasteiger partial charge is 0.350 e. The summed E-state index contributed by atoms with van der Waals surface area (Å²) < 4.78 is 0. The van der Waals surface area contributed by atoms with Crippen molar-refractivity contribution in [2.24, 2.45) is 0 Å². The Morgan fingerprint density at radius 1 is 1.11 bits per heavy atom. The Bertz CT molecular complexity index is 746. The number of hydrogen-bond donors (Lipinski definition) is 2. The number of amides is 1. The van der Waals surface area contributed by atoms with E-state index in [1.165, 1.54) is 11.1 Å². The van der Waals surface area contributed by atoms with Gasteiger partial charge >= 0.3 is 0 Å². The van der Waals surface area contributed by atoms with Crippen LogP contribution in [-0.2, 0) is 17.8 Å². The highest BCUT2D eigenvalue weighted by molar-refractivity contribution is 5.85. The minimum Gasteiger partial charge on any atom is -0.350 e. The molecule has 1 amide bonds. The van der Waals surface area contributed by atoms with Gasteiger partial charge in [-0.2, -0.15) is 0 Å². The van der Waals surface area contributed by atoms with Crippen LogP contribution in [0.2, 0.25) is 0 Å². The standard InChI is InChI=1S/C19H23N5O.2ClH/c25-18(17-11-14-5-1-2-6-15(14)12-22-17)23-16-7-3-10-24(13-16)19-20-8-4-9-21-19;;/h1-2,4-6,8-9,16-17,22H,3,7,10-13H2,(H,23,25);2*1H. The van der Waals surface area contributed by atoms with Gasteiger partial charge in [0.1, 0.15) is 0 Å². The maximum atomic E-state index is 12.7. The number of aromatic nitrogens is 2. The van der Waals surface area contributed by atoms with Gasteiger partial charge in [0.2, 0.25) is 11.9 Å². The van der Waals surface area contributed by atoms with Crippen LogP contribution in [0.15, 0.2) is 42.7 Å². The molecule has 0 bridgehead atoms. The molecule has 2 atom stereocenters. The van der Waals surface area contributed by atoms with E-state index in [1.807, 2.05) is 18.2 Å². The molecule has 1 aromatic heterocycles. The van der Waals surface area contributed by atoms with Gasteiger partial charge in [0.05, 0.1) is 6.04 Å². The van der Waals surface area contributed by atoms with Gasteiger partial charge in [0, 0.05) is 38.1 Å². The van der Waals surface area contributed by atoms with Crippen molar-refractivity contribution in [3.05, 3.63) is 53.9 Å². The molecule has 0 spiro atoms. The minimum absolute atomic E-state index is 0. The lowest BCUT2D eigenvalue weighted by molar-refractivity contribution is -0.124. The summed E-state index contributed by atoms with van der Waals surface area (Å²) in [6.45, 7) is 2.45. The van der Waals surface area contributed by atoms with Crippen LogP contribution in [0.3, 0.4) is 0 Å². The summed E-state index contributed by atoms with van der Waals surface area (Å²) in [5, 5.41) is 6.58. The number of benzene rings is 1. The quantitative estimate of drug-likeness (QED) is 0.812. The third-order valence-corrected chi connectivity index (χ3v) is 5.00. The molecule has 146 valence electrons. The molecule has 2 aliphatic heterocycles. The third kappa shape index (κ3) is 5.09. The lowest BCUT2D eigenvalue weighted by Gasteiger charge is -2.34. The van der Waals surface area contributed by atoms with Crippen LogP contribution in [-0.4, -0.2) is 41.0 Å². The van der Waals surface area contributed by atoms with Crippen molar-refractivity contribution < 1.29 is 4.79 Å². The molecule has 8 heteroatoms. The summed E-state index contributed by atoms with van der Waals surface area (Å²) in [5.41, 5.74) is 2.56. The molecule has 2 aliphatic rings. The molecule has 6 nitrogen and oxygen atoms in total. The number of nitrogens with one attached hydrogen (secondary N) is 2. The Morgan fingerprint density at radius 3 is 2.63 bits per heavy atom. The van der Waals surface area contributed by atoms with Crippen LogP contribution < -0.4 is 15.5 Å². The average molecular weight is 410 g/mol. The molecule has 1 aromatic carbocycles. The van der Waals surface area contributed by atoms with Gasteiger partial charge in [-0.05, 0) is 36.5 Å². The van der Waals surface area contributed by atoms with Gasteiger partial charge in [0.15, 0.2) is 0 Å². The molecular weight excluding hydrogens is 385 g/mol. The lowest BCUT2D eigenvalue weighted by Crippen LogP contribution is -2.54. The molecule has 4 rings (SSSR count). The average Bonchev–Trinajstić information content (AvgIpc) is 2.68. The first-order valence-electron chi connectivity index (χ1n) is 8.92. The fraction of sp³-hybridized carbons (Fsp3) is 0.421. The lowest BCUT2D eigenvalue weighted by atomic mass is 9.95. The van der Waals surface area contributed by atoms with Crippen molar-refractivity contribution in [2.75, 3.05) is 18.0 Å². The molecule has 2 aromatic rings. The van der Waals surface area contributed by atoms with E-state index in [0.29, 0.717) is 0 Å². The van der Waals surface area contributed by atoms with Gasteiger partial charge in [-0.25, -0.2) is 9.97 Å². The zero-order valence-corrected chi connectivity index (χ0v) is 16.6. The smallest absolute Gasteiger partial charge is 0.237 e. The van der Waals surface area contributed by atoms with Crippen molar-refractivity contribution in [1.29, 1.82) is 0 Å². The minimum atomic E-state index is -0.154. The molecule has 3 heterocycles. The summed E-state index contributed by atoms with van der Waals surface area (Å²) in [6, 6.07) is 10.1. The Balaban J connectivity index is 0.00000131. The Labute approximate surface area is 172 Å². The predicted molar refractivity (Wildman–Crippen MR) is 111 cm³/mol. The SMILES string of the molecule is Cl.Cl.O=C(NC1CCCN(c2ncccn2)C1)C1Cc2ccccc2CN1. The maximum Gasteiger partial charge on any atom is 0.237 e. The van der Waals surface area contributed by atoms with Crippen LogP contribution in [0.4, 0.5) is 5.95 Å². The fourth-order valence-electron chi connectivity index (χ4n) is 3.67. The highest BCUT2D eigenvalue weighted by Crippen LogP contribution is 2.18. The van der Waals surface area contributed by atoms with E-state index in [-0.39, 0.29) is 42.8 Å². The summed E-state index contributed by atoms with van der Waals surface area (Å²) in [6.07, 6.45) is 6.30. The second-order valence-corrected chi connectivity index (χ2v) is 6.75. The summed E-state index contributed by atoms with van der Waals surface area (Å²) in [4.78, 5) is 23.5. The normalized spacial score (nSPS) is 21.3. The molecule has 0 aliphatic carbocycles. The molecule has 0 radical (unpaired) electrons. The summed E-state index contributed by atoms with van der Waals surface area (Å²) in [5.74, 6) is 0.835. The van der Waals surface area contributed by atoms with Crippen molar-refractivity contribution in [2.45, 2.75) is 37.9 Å². The maximum absolute atomic E-state index is 12.7. The number of hydrogen-bond acceptors (Lipinski definition) is 5. The zero-order valence-electron chi connectivity index (χ0n) is 15.0. The van der Waals surface area contributed by atoms with Crippen molar-refractivity contribution >= 4 is 36.7 Å². The van der Waals surface area contributed by atoms with E-state index in [4.69, 9.17) is 0 Å². The molecule has 2 N–H and O–H groups in total. The van der Waals surface area contributed by atoms with E-state index in [2.05, 4.69) is 37.6 Å². The number of fused-ring (bicyclic) bond motifs is 1. The molecule has 27 heavy (non-hydrogen) atoms. The Kier molecular flexibility index (Phi) is 7.83. The van der Waals surface area contributed by atoms with Crippen molar-refractivity contribution in [3.8, 4) is 0 Å². The molecule has 2 unspecified atom stereocenters. The number of halogens is 2. The number of carbonyl (C=O) groups excluding carboxylic acids is 1. The predicted octanol–water partition coefficient (Wildman–Crippen LogP) is 2.12. The first-order valence-corrected chi connectivity index (χ1v) is 8.92. The van der Waals surface area contributed by atoms with Crippen molar-refractivity contribution in [1.82, 2.24) is 20.6 Å². The van der Waals surface area contributed by atoms with Gasteiger partial charge in [0.25, 0.3) is 0 Å². The van der Waals surface area contributed by atoms with E-state index < -0.39 is 0 Å². The van der Waals surface area contributed by atoms with Crippen LogP contribution in [0.5, 0.6) is 0 Å². The third-order valence-electron chi connectivity index (χ3n) is 5.00. The topological polar surface area (TPSA) is 70.2 Å². The van der Waals surface area contributed by atoms with Crippen LogP contribution in [0, 0.1) is 0 Å². The van der Waals surface area contributed by atoms with Gasteiger partial charge in [-0.3, -0.25) is 4.79 Å². The highest BCUT2D eigenvalue weighted by atomic mass is 35.5. The monoisotopic (exact) mass is 409 g/mol. The first kappa shape index (κ1) is 21.4. The Hall–Kier alpha value is -1.89. The molecular formula is C19H25Cl2N5O. The van der Waals surface area contributed by atoms with Gasteiger partial charge in [-0.15, -0.1) is 24.8 Å². The van der Waals surface area contributed by atoms with E-state index in [1.54, 1.807) is 12.4 Å². The number of rotatable bonds is 3. The van der Waals surface area contributed by atoms with Crippen LogP contribution >= 0.6 is 24.8 Å². The molecule has 1 saturated heterocycles. The second-order valence-electron chi connectivity index (χ2n) is 6.75. The van der Waals surface area contributed by atoms with Crippen molar-refractivity contribution in [3.63, 3.8) is 0 Å². The number of carbonyl (C=O) groups is 1. The molecule has 1 fully saturated rings. The van der Waals surface area contributed by atoms with Crippen LogP contribution in [0.1, 0.15) is 24.0 Å². The fourth-order valence-corrected chi connectivity index (χ4v) is 3.67. The number of piperidine rings is 1. The van der Waals surface area contributed by atoms with E-state index in [9.17, 15) is 4.79 Å². The molecule has 0 saturated carbocycles. The zero-order chi connectivity index (χ0) is 17.1. The van der Waals surface area contributed by atoms with Crippen LogP contribution in [0.25, 0.3) is 0 Å². The Morgan fingerprint density at radius 2 is 1.85 bits per heavy atom. The highest BCUT2D eigenvalue weighted by Gasteiger charge is 2.28. The summed E-state index contributed by atoms with van der Waals surface area (Å²) >= 11 is 0.